The summed E-state index contributed by atoms with van der Waals surface area (Å²) in [6.45, 7) is 4.61. The zero-order valence-electron chi connectivity index (χ0n) is 13.1. The summed E-state index contributed by atoms with van der Waals surface area (Å²) in [7, 11) is 0. The van der Waals surface area contributed by atoms with Crippen molar-refractivity contribution in [1.82, 2.24) is 4.90 Å². The van der Waals surface area contributed by atoms with Crippen molar-refractivity contribution in [3.8, 4) is 0 Å². The molecule has 3 rings (SSSR count). The third-order valence-corrected chi connectivity index (χ3v) is 3.98. The second-order valence-electron chi connectivity index (χ2n) is 5.60. The van der Waals surface area contributed by atoms with Gasteiger partial charge in [-0.3, -0.25) is 4.90 Å². The Kier molecular flexibility index (Phi) is 5.40. The number of hydrogen-bond donors (Lipinski definition) is 0. The Morgan fingerprint density at radius 1 is 0.957 bits per heavy atom. The molecule has 0 saturated carbocycles. The number of ether oxygens (including phenoxy) is 2. The average Bonchev–Trinajstić information content (AvgIpc) is 2.62. The van der Waals surface area contributed by atoms with Gasteiger partial charge < -0.3 is 9.47 Å². The Balaban J connectivity index is 1.62. The fourth-order valence-corrected chi connectivity index (χ4v) is 2.65. The number of rotatable bonds is 5. The molecule has 0 amide bonds. The van der Waals surface area contributed by atoms with Crippen LogP contribution in [0.2, 0.25) is 0 Å². The number of carbonyl (C=O) groups excluding carboxylic acids is 1. The predicted octanol–water partition coefficient (Wildman–Crippen LogP) is 2.88. The molecule has 0 spiro atoms. The zero-order valence-corrected chi connectivity index (χ0v) is 13.1. The Morgan fingerprint density at radius 2 is 1.61 bits per heavy atom. The maximum absolute atomic E-state index is 12.1. The molecule has 2 aromatic carbocycles. The minimum atomic E-state index is -0.285. The largest absolute Gasteiger partial charge is 0.457 e. The van der Waals surface area contributed by atoms with Crippen LogP contribution in [0.1, 0.15) is 21.5 Å². The molecule has 2 aromatic rings. The number of carbonyl (C=O) groups is 1. The lowest BCUT2D eigenvalue weighted by atomic mass is 10.1. The van der Waals surface area contributed by atoms with Crippen molar-refractivity contribution in [3.05, 3.63) is 71.3 Å². The molecule has 120 valence electrons. The second-order valence-corrected chi connectivity index (χ2v) is 5.60. The van der Waals surface area contributed by atoms with Gasteiger partial charge in [-0.2, -0.15) is 0 Å². The molecule has 4 heteroatoms. The number of morpholine rings is 1. The molecular formula is C19H21NO3. The summed E-state index contributed by atoms with van der Waals surface area (Å²) in [5, 5.41) is 0. The molecule has 0 bridgehead atoms. The lowest BCUT2D eigenvalue weighted by Gasteiger charge is -2.27. The molecule has 0 aromatic heterocycles. The second kappa shape index (κ2) is 7.90. The van der Waals surface area contributed by atoms with Crippen molar-refractivity contribution >= 4 is 5.97 Å². The van der Waals surface area contributed by atoms with E-state index in [9.17, 15) is 4.79 Å². The van der Waals surface area contributed by atoms with Crippen molar-refractivity contribution in [2.45, 2.75) is 13.2 Å². The molecule has 4 nitrogen and oxygen atoms in total. The first-order valence-electron chi connectivity index (χ1n) is 7.92. The van der Waals surface area contributed by atoms with E-state index in [0.717, 1.165) is 38.4 Å². The highest BCUT2D eigenvalue weighted by molar-refractivity contribution is 5.89. The van der Waals surface area contributed by atoms with Gasteiger partial charge in [0.2, 0.25) is 0 Å². The summed E-state index contributed by atoms with van der Waals surface area (Å²) in [5.41, 5.74) is 2.84. The lowest BCUT2D eigenvalue weighted by molar-refractivity contribution is 0.0335. The first kappa shape index (κ1) is 15.7. The van der Waals surface area contributed by atoms with E-state index in [2.05, 4.69) is 11.0 Å². The molecule has 1 aliphatic heterocycles. The van der Waals surface area contributed by atoms with Crippen molar-refractivity contribution in [1.29, 1.82) is 0 Å². The summed E-state index contributed by atoms with van der Waals surface area (Å²) >= 11 is 0. The first-order chi connectivity index (χ1) is 11.3. The van der Waals surface area contributed by atoms with Crippen LogP contribution in [0.4, 0.5) is 0 Å². The Morgan fingerprint density at radius 3 is 2.35 bits per heavy atom. The molecule has 0 N–H and O–H groups in total. The SMILES string of the molecule is O=C(OCc1ccccc1CN1CCOCC1)c1ccccc1. The van der Waals surface area contributed by atoms with E-state index in [4.69, 9.17) is 9.47 Å². The van der Waals surface area contributed by atoms with Gasteiger partial charge in [0.25, 0.3) is 0 Å². The topological polar surface area (TPSA) is 38.8 Å². The van der Waals surface area contributed by atoms with Gasteiger partial charge in [0.1, 0.15) is 6.61 Å². The minimum absolute atomic E-state index is 0.285. The van der Waals surface area contributed by atoms with Crippen LogP contribution >= 0.6 is 0 Å². The van der Waals surface area contributed by atoms with Gasteiger partial charge in [0.15, 0.2) is 0 Å². The van der Waals surface area contributed by atoms with Crippen LogP contribution < -0.4 is 0 Å². The number of hydrogen-bond acceptors (Lipinski definition) is 4. The number of benzene rings is 2. The van der Waals surface area contributed by atoms with Crippen molar-refractivity contribution in [2.24, 2.45) is 0 Å². The molecule has 1 fully saturated rings. The summed E-state index contributed by atoms with van der Waals surface area (Å²) in [4.78, 5) is 14.4. The van der Waals surface area contributed by atoms with Crippen LogP contribution in [0, 0.1) is 0 Å². The van der Waals surface area contributed by atoms with Crippen LogP contribution in [-0.4, -0.2) is 37.2 Å². The molecule has 0 unspecified atom stereocenters. The van der Waals surface area contributed by atoms with Crippen molar-refractivity contribution in [3.63, 3.8) is 0 Å². The van der Waals surface area contributed by atoms with Gasteiger partial charge in [0.05, 0.1) is 18.8 Å². The number of nitrogens with zero attached hydrogens (tertiary/aromatic N) is 1. The van der Waals surface area contributed by atoms with Crippen molar-refractivity contribution in [2.75, 3.05) is 26.3 Å². The third kappa shape index (κ3) is 4.41. The highest BCUT2D eigenvalue weighted by Gasteiger charge is 2.13. The fraction of sp³-hybridized carbons (Fsp3) is 0.316. The zero-order chi connectivity index (χ0) is 15.9. The molecule has 23 heavy (non-hydrogen) atoms. The Hall–Kier alpha value is -2.17. The van der Waals surface area contributed by atoms with E-state index < -0.39 is 0 Å². The smallest absolute Gasteiger partial charge is 0.338 e. The maximum atomic E-state index is 12.1. The summed E-state index contributed by atoms with van der Waals surface area (Å²) in [5.74, 6) is -0.285. The van der Waals surface area contributed by atoms with Crippen molar-refractivity contribution < 1.29 is 14.3 Å². The fourth-order valence-electron chi connectivity index (χ4n) is 2.65. The Bertz CT molecular complexity index is 636. The van der Waals surface area contributed by atoms with E-state index in [-0.39, 0.29) is 5.97 Å². The first-order valence-corrected chi connectivity index (χ1v) is 7.92. The third-order valence-electron chi connectivity index (χ3n) is 3.98. The lowest BCUT2D eigenvalue weighted by Crippen LogP contribution is -2.35. The molecular weight excluding hydrogens is 290 g/mol. The molecule has 1 saturated heterocycles. The highest BCUT2D eigenvalue weighted by atomic mass is 16.5. The molecule has 0 radical (unpaired) electrons. The van der Waals surface area contributed by atoms with E-state index >= 15 is 0 Å². The predicted molar refractivity (Wildman–Crippen MR) is 88.1 cm³/mol. The normalized spacial score (nSPS) is 15.3. The average molecular weight is 311 g/mol. The van der Waals surface area contributed by atoms with Crippen LogP contribution in [0.15, 0.2) is 54.6 Å². The highest BCUT2D eigenvalue weighted by Crippen LogP contribution is 2.15. The van der Waals surface area contributed by atoms with Crippen LogP contribution in [0.3, 0.4) is 0 Å². The van der Waals surface area contributed by atoms with Gasteiger partial charge in [-0.25, -0.2) is 4.79 Å². The van der Waals surface area contributed by atoms with Gasteiger partial charge in [-0.15, -0.1) is 0 Å². The monoisotopic (exact) mass is 311 g/mol. The van der Waals surface area contributed by atoms with Gasteiger partial charge in [0, 0.05) is 19.6 Å². The quantitative estimate of drug-likeness (QED) is 0.796. The molecule has 1 heterocycles. The van der Waals surface area contributed by atoms with E-state index in [1.54, 1.807) is 12.1 Å². The molecule has 0 atom stereocenters. The standard InChI is InChI=1S/C19H21NO3/c21-19(16-6-2-1-3-7-16)23-15-18-9-5-4-8-17(18)14-20-10-12-22-13-11-20/h1-9H,10-15H2. The summed E-state index contributed by atoms with van der Waals surface area (Å²) in [6.07, 6.45) is 0. The minimum Gasteiger partial charge on any atom is -0.457 e. The van der Waals surface area contributed by atoms with Gasteiger partial charge in [-0.1, -0.05) is 42.5 Å². The van der Waals surface area contributed by atoms with E-state index in [1.165, 1.54) is 5.56 Å². The Labute approximate surface area is 136 Å². The van der Waals surface area contributed by atoms with Crippen LogP contribution in [-0.2, 0) is 22.6 Å². The van der Waals surface area contributed by atoms with Crippen LogP contribution in [0.5, 0.6) is 0 Å². The molecule has 0 aliphatic carbocycles. The summed E-state index contributed by atoms with van der Waals surface area (Å²) < 4.78 is 10.8. The molecule has 1 aliphatic rings. The maximum Gasteiger partial charge on any atom is 0.338 e. The van der Waals surface area contributed by atoms with E-state index in [1.807, 2.05) is 36.4 Å². The summed E-state index contributed by atoms with van der Waals surface area (Å²) in [6, 6.07) is 17.2. The van der Waals surface area contributed by atoms with E-state index in [0.29, 0.717) is 12.2 Å². The van der Waals surface area contributed by atoms with Gasteiger partial charge in [-0.05, 0) is 23.3 Å². The van der Waals surface area contributed by atoms with Crippen LogP contribution in [0.25, 0.3) is 0 Å². The number of esters is 1. The van der Waals surface area contributed by atoms with Gasteiger partial charge >= 0.3 is 5.97 Å².